The van der Waals surface area contributed by atoms with Crippen molar-refractivity contribution in [2.45, 2.75) is 13.3 Å². The average molecular weight is 732 g/mol. The molecule has 5 nitrogen and oxygen atoms in total. The van der Waals surface area contributed by atoms with Gasteiger partial charge in [0.05, 0.1) is 27.6 Å². The summed E-state index contributed by atoms with van der Waals surface area (Å²) in [6.07, 6.45) is 8.03. The van der Waals surface area contributed by atoms with Gasteiger partial charge < -0.3 is 8.97 Å². The second kappa shape index (κ2) is 13.4. The minimum Gasteiger partial charge on any atom is -0.308 e. The highest BCUT2D eigenvalue weighted by atomic mass is 15.0. The van der Waals surface area contributed by atoms with Crippen LogP contribution in [-0.2, 0) is 0 Å². The Kier molecular flexibility index (Phi) is 7.78. The van der Waals surface area contributed by atoms with Crippen molar-refractivity contribution >= 4 is 54.8 Å². The van der Waals surface area contributed by atoms with Crippen LogP contribution in [0.4, 0.5) is 0 Å². The average Bonchev–Trinajstić information content (AvgIpc) is 3.61. The van der Waals surface area contributed by atoms with Crippen molar-refractivity contribution in [2.75, 3.05) is 0 Å². The number of nitrogens with zero attached hydrogens (tertiary/aromatic N) is 5. The monoisotopic (exact) mass is 731 g/mol. The van der Waals surface area contributed by atoms with Gasteiger partial charge in [0.2, 0.25) is 0 Å². The number of aromatic nitrogens is 5. The minimum atomic E-state index is 0.525. The summed E-state index contributed by atoms with van der Waals surface area (Å²) < 4.78 is 4.94. The zero-order valence-corrected chi connectivity index (χ0v) is 31.4. The molecule has 0 amide bonds. The number of fused-ring (bicyclic) bond motifs is 7. The summed E-state index contributed by atoms with van der Waals surface area (Å²) in [6, 6.07) is 60.2. The molecule has 0 saturated heterocycles. The summed E-state index contributed by atoms with van der Waals surface area (Å²) >= 11 is 0. The van der Waals surface area contributed by atoms with Crippen molar-refractivity contribution in [3.63, 3.8) is 0 Å². The van der Waals surface area contributed by atoms with E-state index in [1.165, 1.54) is 43.8 Å². The highest BCUT2D eigenvalue weighted by molar-refractivity contribution is 6.21. The molecule has 0 aliphatic heterocycles. The second-order valence-electron chi connectivity index (χ2n) is 14.9. The zero-order chi connectivity index (χ0) is 37.9. The van der Waals surface area contributed by atoms with E-state index in [9.17, 15) is 0 Å². The summed E-state index contributed by atoms with van der Waals surface area (Å²) in [4.78, 5) is 14.8. The van der Waals surface area contributed by atoms with Gasteiger partial charge in [-0.1, -0.05) is 159 Å². The summed E-state index contributed by atoms with van der Waals surface area (Å²) in [6.45, 7) is 2.28. The maximum atomic E-state index is 4.96. The molecule has 270 valence electrons. The fraction of sp³-hybridized carbons (Fsp3) is 0.0577. The van der Waals surface area contributed by atoms with Crippen LogP contribution in [0.3, 0.4) is 0 Å². The number of rotatable bonds is 5. The van der Waals surface area contributed by atoms with Crippen LogP contribution in [0.15, 0.2) is 188 Å². The van der Waals surface area contributed by atoms with Gasteiger partial charge in [0.1, 0.15) is 0 Å². The first kappa shape index (κ1) is 33.0. The number of allylic oxidation sites excluding steroid dienone is 4. The number of benzene rings is 7. The molecule has 1 aliphatic carbocycles. The number of hydrogen-bond donors (Lipinski definition) is 0. The molecule has 0 bridgehead atoms. The molecule has 0 N–H and O–H groups in total. The molecular formula is C52H37N5. The molecule has 10 aromatic rings. The Balaban J connectivity index is 1.09. The molecule has 0 radical (unpaired) electrons. The van der Waals surface area contributed by atoms with Gasteiger partial charge in [-0.15, -0.1) is 0 Å². The van der Waals surface area contributed by atoms with Crippen LogP contribution in [0.5, 0.6) is 0 Å². The third-order valence-corrected chi connectivity index (χ3v) is 11.3. The highest BCUT2D eigenvalue weighted by Crippen LogP contribution is 2.39. The Morgan fingerprint density at radius 1 is 0.439 bits per heavy atom. The third-order valence-electron chi connectivity index (χ3n) is 11.3. The largest absolute Gasteiger partial charge is 0.308 e. The lowest BCUT2D eigenvalue weighted by Crippen LogP contribution is -2.04. The number of para-hydroxylation sites is 4. The van der Waals surface area contributed by atoms with Gasteiger partial charge in [0, 0.05) is 43.9 Å². The summed E-state index contributed by atoms with van der Waals surface area (Å²) in [5.74, 6) is 2.48. The summed E-state index contributed by atoms with van der Waals surface area (Å²) in [7, 11) is 0. The van der Waals surface area contributed by atoms with Crippen LogP contribution < -0.4 is 0 Å². The Hall–Kier alpha value is -7.37. The van der Waals surface area contributed by atoms with Crippen LogP contribution in [0, 0.1) is 5.92 Å². The second-order valence-corrected chi connectivity index (χ2v) is 14.9. The molecule has 1 aliphatic rings. The minimum absolute atomic E-state index is 0.525. The molecule has 0 saturated carbocycles. The Morgan fingerprint density at radius 2 is 0.965 bits per heavy atom. The maximum Gasteiger partial charge on any atom is 0.164 e. The third kappa shape index (κ3) is 5.58. The van der Waals surface area contributed by atoms with Gasteiger partial charge in [-0.3, -0.25) is 0 Å². The highest BCUT2D eigenvalue weighted by Gasteiger charge is 2.18. The SMILES string of the molecule is CC1C=CC(n2c3ccccc3c3cccc4c5cc(-c6ccc(-c7nc(-c8ccccc8)nc(-c8ccccc8)n7)cc6)ccc5n(c5ccccc52)c34)=CC1. The molecule has 1 unspecified atom stereocenters. The van der Waals surface area contributed by atoms with E-state index in [2.05, 4.69) is 143 Å². The predicted molar refractivity (Wildman–Crippen MR) is 237 cm³/mol. The first-order valence-corrected chi connectivity index (χ1v) is 19.6. The first-order chi connectivity index (χ1) is 28.2. The molecule has 1 atom stereocenters. The lowest BCUT2D eigenvalue weighted by molar-refractivity contribution is 0.735. The van der Waals surface area contributed by atoms with E-state index in [-0.39, 0.29) is 0 Å². The van der Waals surface area contributed by atoms with E-state index in [0.29, 0.717) is 23.4 Å². The summed E-state index contributed by atoms with van der Waals surface area (Å²) in [5, 5.41) is 4.89. The summed E-state index contributed by atoms with van der Waals surface area (Å²) in [5.41, 5.74) is 12.2. The van der Waals surface area contributed by atoms with E-state index in [1.807, 2.05) is 60.7 Å². The standard InChI is InChI=1S/C52H37N5/c1-34-23-30-40(31-24-34)56-45-20-9-8-17-41(45)42-18-12-19-43-44-33-39(29-32-46(44)57(49(42)43)48-22-11-10-21-47(48)56)35-25-27-38(28-26-35)52-54-50(36-13-4-2-5-14-36)53-51(55-52)37-15-6-3-7-16-37/h2-23,25-34H,24H2,1H3. The van der Waals surface area contributed by atoms with E-state index in [4.69, 9.17) is 15.0 Å². The molecule has 0 fully saturated rings. The lowest BCUT2D eigenvalue weighted by Gasteiger charge is -2.20. The van der Waals surface area contributed by atoms with Crippen molar-refractivity contribution in [3.05, 3.63) is 188 Å². The van der Waals surface area contributed by atoms with E-state index >= 15 is 0 Å². The fourth-order valence-corrected chi connectivity index (χ4v) is 8.49. The maximum absolute atomic E-state index is 4.96. The van der Waals surface area contributed by atoms with Crippen LogP contribution in [0.1, 0.15) is 13.3 Å². The molecule has 3 heterocycles. The molecule has 11 rings (SSSR count). The number of hydrogen-bond acceptors (Lipinski definition) is 3. The smallest absolute Gasteiger partial charge is 0.164 e. The van der Waals surface area contributed by atoms with Crippen molar-refractivity contribution in [1.29, 1.82) is 0 Å². The fourth-order valence-electron chi connectivity index (χ4n) is 8.49. The Labute approximate surface area is 330 Å². The Morgan fingerprint density at radius 3 is 1.61 bits per heavy atom. The quantitative estimate of drug-likeness (QED) is 0.177. The zero-order valence-electron chi connectivity index (χ0n) is 31.4. The van der Waals surface area contributed by atoms with Crippen LogP contribution in [0.25, 0.3) is 100 Å². The van der Waals surface area contributed by atoms with Crippen molar-refractivity contribution < 1.29 is 0 Å². The molecule has 7 aromatic carbocycles. The normalized spacial score (nSPS) is 14.2. The van der Waals surface area contributed by atoms with Crippen LogP contribution in [0.2, 0.25) is 0 Å². The topological polar surface area (TPSA) is 48.0 Å². The van der Waals surface area contributed by atoms with Crippen molar-refractivity contribution in [1.82, 2.24) is 23.9 Å². The lowest BCUT2D eigenvalue weighted by atomic mass is 10.0. The van der Waals surface area contributed by atoms with Gasteiger partial charge in [0.25, 0.3) is 0 Å². The van der Waals surface area contributed by atoms with E-state index < -0.39 is 0 Å². The molecule has 57 heavy (non-hydrogen) atoms. The molecular weight excluding hydrogens is 695 g/mol. The van der Waals surface area contributed by atoms with E-state index in [1.54, 1.807) is 0 Å². The van der Waals surface area contributed by atoms with Crippen molar-refractivity contribution in [3.8, 4) is 45.3 Å². The van der Waals surface area contributed by atoms with Gasteiger partial charge in [0.15, 0.2) is 17.5 Å². The van der Waals surface area contributed by atoms with Gasteiger partial charge in [-0.2, -0.15) is 0 Å². The van der Waals surface area contributed by atoms with Gasteiger partial charge in [-0.25, -0.2) is 15.0 Å². The molecule has 3 aromatic heterocycles. The van der Waals surface area contributed by atoms with Crippen LogP contribution in [-0.4, -0.2) is 23.9 Å². The van der Waals surface area contributed by atoms with Gasteiger partial charge >= 0.3 is 0 Å². The van der Waals surface area contributed by atoms with Crippen LogP contribution >= 0.6 is 0 Å². The molecule has 5 heteroatoms. The van der Waals surface area contributed by atoms with Gasteiger partial charge in [-0.05, 0) is 59.9 Å². The Bertz CT molecular complexity index is 3200. The first-order valence-electron chi connectivity index (χ1n) is 19.6. The predicted octanol–water partition coefficient (Wildman–Crippen LogP) is 13.2. The molecule has 0 spiro atoms. The van der Waals surface area contributed by atoms with Crippen molar-refractivity contribution in [2.24, 2.45) is 5.92 Å². The van der Waals surface area contributed by atoms with E-state index in [0.717, 1.165) is 45.3 Å².